The lowest BCUT2D eigenvalue weighted by atomic mass is 9.98. The number of hydrazine groups is 1. The second-order valence-electron chi connectivity index (χ2n) is 5.07. The Kier molecular flexibility index (Phi) is 3.28. The maximum Gasteiger partial charge on any atom is 0.187 e. The van der Waals surface area contributed by atoms with Crippen molar-refractivity contribution in [2.24, 2.45) is 0 Å². The topological polar surface area (TPSA) is 50.4 Å². The summed E-state index contributed by atoms with van der Waals surface area (Å²) in [4.78, 5) is 11.9. The number of para-hydroxylation sites is 1. The summed E-state index contributed by atoms with van der Waals surface area (Å²) >= 11 is 0. The second-order valence-corrected chi connectivity index (χ2v) is 5.07. The predicted molar refractivity (Wildman–Crippen MR) is 70.8 cm³/mol. The van der Waals surface area contributed by atoms with Gasteiger partial charge in [-0.1, -0.05) is 18.2 Å². The molecule has 0 radical (unpaired) electrons. The number of carbonyl (C=O) groups excluding carboxylic acids is 1. The Morgan fingerprint density at radius 2 is 1.94 bits per heavy atom. The Morgan fingerprint density at radius 3 is 2.61 bits per heavy atom. The number of aryl methyl sites for hydroxylation is 1. The first-order chi connectivity index (χ1) is 8.48. The van der Waals surface area contributed by atoms with Gasteiger partial charge < -0.3 is 10.2 Å². The quantitative estimate of drug-likeness (QED) is 0.805. The highest BCUT2D eigenvalue weighted by Crippen LogP contribution is 2.22. The molecule has 0 aliphatic carbocycles. The van der Waals surface area contributed by atoms with E-state index in [1.54, 1.807) is 0 Å². The number of anilines is 1. The number of benzene rings is 1. The Morgan fingerprint density at radius 1 is 1.22 bits per heavy atom. The van der Waals surface area contributed by atoms with E-state index in [9.17, 15) is 4.79 Å². The molecule has 0 amide bonds. The first-order valence-electron chi connectivity index (χ1n) is 5.97. The fraction of sp³-hybridized carbons (Fsp3) is 0.357. The van der Waals surface area contributed by atoms with E-state index in [0.29, 0.717) is 12.1 Å². The lowest BCUT2D eigenvalue weighted by molar-refractivity contribution is -0.122. The predicted octanol–water partition coefficient (Wildman–Crippen LogP) is 2.52. The highest BCUT2D eigenvalue weighted by Gasteiger charge is 2.29. The van der Waals surface area contributed by atoms with Gasteiger partial charge in [-0.05, 0) is 32.4 Å². The van der Waals surface area contributed by atoms with E-state index >= 15 is 0 Å². The summed E-state index contributed by atoms with van der Waals surface area (Å²) in [5, 5.41) is 0. The summed E-state index contributed by atoms with van der Waals surface area (Å²) in [6.45, 7) is 5.79. The van der Waals surface area contributed by atoms with Gasteiger partial charge in [-0.25, -0.2) is 0 Å². The summed E-state index contributed by atoms with van der Waals surface area (Å²) in [7, 11) is 0. The molecule has 96 valence electrons. The van der Waals surface area contributed by atoms with E-state index in [1.165, 1.54) is 6.26 Å². The van der Waals surface area contributed by atoms with E-state index in [-0.39, 0.29) is 5.78 Å². The smallest absolute Gasteiger partial charge is 0.187 e. The van der Waals surface area contributed by atoms with Crippen molar-refractivity contribution in [2.75, 3.05) is 5.43 Å². The number of carbonyl (C=O) groups is 1. The molecule has 0 aromatic heterocycles. The zero-order valence-corrected chi connectivity index (χ0v) is 10.9. The Hall–Kier alpha value is -1.97. The second kappa shape index (κ2) is 4.72. The first-order valence-corrected chi connectivity index (χ1v) is 5.97. The standard InChI is InChI=1S/C14H18N2O2/c1-10-6-4-5-7-11(10)15-16-12-9-18-14(2,3)8-13(12)17/h4-7,9,15-16H,8H2,1-3H3. The monoisotopic (exact) mass is 246 g/mol. The molecule has 0 saturated heterocycles. The van der Waals surface area contributed by atoms with Crippen molar-refractivity contribution >= 4 is 11.5 Å². The molecular formula is C14H18N2O2. The van der Waals surface area contributed by atoms with Crippen LogP contribution in [-0.2, 0) is 9.53 Å². The van der Waals surface area contributed by atoms with E-state index in [0.717, 1.165) is 11.3 Å². The zero-order chi connectivity index (χ0) is 13.2. The summed E-state index contributed by atoms with van der Waals surface area (Å²) in [6, 6.07) is 7.85. The molecular weight excluding hydrogens is 228 g/mol. The van der Waals surface area contributed by atoms with E-state index < -0.39 is 5.60 Å². The number of allylic oxidation sites excluding steroid dienone is 1. The molecule has 0 saturated carbocycles. The third kappa shape index (κ3) is 2.83. The third-order valence-corrected chi connectivity index (χ3v) is 2.86. The molecule has 1 aromatic rings. The van der Waals surface area contributed by atoms with Crippen molar-refractivity contribution in [1.82, 2.24) is 5.43 Å². The largest absolute Gasteiger partial charge is 0.493 e. The van der Waals surface area contributed by atoms with Crippen LogP contribution in [0.15, 0.2) is 36.2 Å². The molecule has 0 spiro atoms. The van der Waals surface area contributed by atoms with Crippen LogP contribution >= 0.6 is 0 Å². The minimum absolute atomic E-state index is 0.0485. The van der Waals surface area contributed by atoms with Gasteiger partial charge in [0.1, 0.15) is 17.6 Å². The third-order valence-electron chi connectivity index (χ3n) is 2.86. The maximum atomic E-state index is 11.9. The number of nitrogens with one attached hydrogen (secondary N) is 2. The van der Waals surface area contributed by atoms with Crippen LogP contribution in [0.25, 0.3) is 0 Å². The van der Waals surface area contributed by atoms with Crippen LogP contribution in [0.2, 0.25) is 0 Å². The van der Waals surface area contributed by atoms with Gasteiger partial charge >= 0.3 is 0 Å². The zero-order valence-electron chi connectivity index (χ0n) is 10.9. The van der Waals surface area contributed by atoms with Crippen LogP contribution in [0.1, 0.15) is 25.8 Å². The molecule has 1 aliphatic rings. The molecule has 0 unspecified atom stereocenters. The minimum atomic E-state index is -0.412. The van der Waals surface area contributed by atoms with Gasteiger partial charge in [0.25, 0.3) is 0 Å². The Labute approximate surface area is 107 Å². The van der Waals surface area contributed by atoms with Crippen molar-refractivity contribution in [1.29, 1.82) is 0 Å². The molecule has 1 heterocycles. The summed E-state index contributed by atoms with van der Waals surface area (Å²) in [6.07, 6.45) is 1.86. The van der Waals surface area contributed by atoms with Gasteiger partial charge in [0.05, 0.1) is 12.1 Å². The molecule has 2 rings (SSSR count). The van der Waals surface area contributed by atoms with Crippen LogP contribution < -0.4 is 10.9 Å². The maximum absolute atomic E-state index is 11.9. The molecule has 0 atom stereocenters. The van der Waals surface area contributed by atoms with Crippen LogP contribution in [0, 0.1) is 6.92 Å². The minimum Gasteiger partial charge on any atom is -0.493 e. The van der Waals surface area contributed by atoms with Gasteiger partial charge in [0.15, 0.2) is 5.78 Å². The van der Waals surface area contributed by atoms with Gasteiger partial charge in [-0.2, -0.15) is 0 Å². The number of ketones is 1. The van der Waals surface area contributed by atoms with Crippen LogP contribution in [0.5, 0.6) is 0 Å². The number of hydrogen-bond acceptors (Lipinski definition) is 4. The average Bonchev–Trinajstić information content (AvgIpc) is 2.29. The molecule has 4 heteroatoms. The van der Waals surface area contributed by atoms with E-state index in [2.05, 4.69) is 10.9 Å². The fourth-order valence-electron chi connectivity index (χ4n) is 1.75. The van der Waals surface area contributed by atoms with E-state index in [1.807, 2.05) is 45.0 Å². The summed E-state index contributed by atoms with van der Waals surface area (Å²) in [5.74, 6) is 0.0485. The molecule has 1 aromatic carbocycles. The first kappa shape index (κ1) is 12.5. The molecule has 4 nitrogen and oxygen atoms in total. The Balaban J connectivity index is 2.02. The van der Waals surface area contributed by atoms with Gasteiger partial charge in [0.2, 0.25) is 0 Å². The van der Waals surface area contributed by atoms with Crippen molar-refractivity contribution in [3.05, 3.63) is 41.8 Å². The number of Topliss-reactive ketones (excluding diaryl/α,β-unsaturated/α-hetero) is 1. The number of hydrogen-bond donors (Lipinski definition) is 2. The van der Waals surface area contributed by atoms with Gasteiger partial charge in [-0.3, -0.25) is 10.2 Å². The molecule has 18 heavy (non-hydrogen) atoms. The van der Waals surface area contributed by atoms with Crippen molar-refractivity contribution < 1.29 is 9.53 Å². The SMILES string of the molecule is Cc1ccccc1NNC1=COC(C)(C)CC1=O. The normalized spacial score (nSPS) is 17.7. The van der Waals surface area contributed by atoms with Crippen LogP contribution in [-0.4, -0.2) is 11.4 Å². The average molecular weight is 246 g/mol. The molecule has 0 bridgehead atoms. The Bertz CT molecular complexity index is 492. The lowest BCUT2D eigenvalue weighted by Gasteiger charge is -2.29. The van der Waals surface area contributed by atoms with Crippen molar-refractivity contribution in [2.45, 2.75) is 32.8 Å². The highest BCUT2D eigenvalue weighted by atomic mass is 16.5. The van der Waals surface area contributed by atoms with Crippen LogP contribution in [0.4, 0.5) is 5.69 Å². The van der Waals surface area contributed by atoms with Crippen molar-refractivity contribution in [3.8, 4) is 0 Å². The highest BCUT2D eigenvalue weighted by molar-refractivity contribution is 5.96. The number of ether oxygens (including phenoxy) is 1. The van der Waals surface area contributed by atoms with Gasteiger partial charge in [0, 0.05) is 0 Å². The van der Waals surface area contributed by atoms with Gasteiger partial charge in [-0.15, -0.1) is 0 Å². The number of rotatable bonds is 3. The van der Waals surface area contributed by atoms with Crippen molar-refractivity contribution in [3.63, 3.8) is 0 Å². The lowest BCUT2D eigenvalue weighted by Crippen LogP contribution is -2.37. The fourth-order valence-corrected chi connectivity index (χ4v) is 1.75. The molecule has 0 fully saturated rings. The van der Waals surface area contributed by atoms with Crippen LogP contribution in [0.3, 0.4) is 0 Å². The molecule has 2 N–H and O–H groups in total. The molecule has 1 aliphatic heterocycles. The summed E-state index contributed by atoms with van der Waals surface area (Å²) in [5.41, 5.74) is 8.02. The summed E-state index contributed by atoms with van der Waals surface area (Å²) < 4.78 is 5.48. The van der Waals surface area contributed by atoms with E-state index in [4.69, 9.17) is 4.74 Å².